The van der Waals surface area contributed by atoms with Gasteiger partial charge in [-0.2, -0.15) is 0 Å². The number of rotatable bonds is 12. The Morgan fingerprint density at radius 3 is 2.44 bits per heavy atom. The van der Waals surface area contributed by atoms with Crippen molar-refractivity contribution < 1.29 is 18.0 Å². The minimum Gasteiger partial charge on any atom is -0.352 e. The Balaban J connectivity index is 2.21. The number of carbonyl (C=O) groups excluding carboxylic acids is 2. The van der Waals surface area contributed by atoms with Gasteiger partial charge in [0.05, 0.1) is 11.9 Å². The van der Waals surface area contributed by atoms with E-state index in [1.54, 1.807) is 30.0 Å². The Hall–Kier alpha value is -2.10. The lowest BCUT2D eigenvalue weighted by Gasteiger charge is -2.30. The Bertz CT molecular complexity index is 1180. The number of carbonyl (C=O) groups is 2. The van der Waals surface area contributed by atoms with Gasteiger partial charge in [-0.15, -0.1) is 0 Å². The SMILES string of the molecule is CC[C@@H](C)NC(=O)[C@H](C)N(Cc1cccc(Br)c1)C(=O)CCCN(c1cc(Cl)ccc1C)S(C)(=O)=O. The van der Waals surface area contributed by atoms with Gasteiger partial charge in [-0.05, 0) is 69.0 Å². The number of aryl methyl sites for hydroxylation is 1. The highest BCUT2D eigenvalue weighted by atomic mass is 79.9. The zero-order valence-electron chi connectivity index (χ0n) is 21.4. The van der Waals surface area contributed by atoms with Crippen LogP contribution in [0.3, 0.4) is 0 Å². The van der Waals surface area contributed by atoms with Crippen molar-refractivity contribution in [1.29, 1.82) is 0 Å². The van der Waals surface area contributed by atoms with Crippen LogP contribution in [0.2, 0.25) is 5.02 Å². The second-order valence-corrected chi connectivity index (χ2v) is 12.3. The van der Waals surface area contributed by atoms with Crippen LogP contribution >= 0.6 is 27.5 Å². The summed E-state index contributed by atoms with van der Waals surface area (Å²) in [5.74, 6) is -0.446. The summed E-state index contributed by atoms with van der Waals surface area (Å²) in [4.78, 5) is 27.8. The van der Waals surface area contributed by atoms with Gasteiger partial charge in [0.25, 0.3) is 0 Å². The quantitative estimate of drug-likeness (QED) is 0.359. The molecule has 0 fully saturated rings. The predicted molar refractivity (Wildman–Crippen MR) is 150 cm³/mol. The van der Waals surface area contributed by atoms with E-state index in [0.717, 1.165) is 28.3 Å². The predicted octanol–water partition coefficient (Wildman–Crippen LogP) is 5.29. The third kappa shape index (κ3) is 8.78. The van der Waals surface area contributed by atoms with Crippen molar-refractivity contribution in [2.45, 2.75) is 65.6 Å². The number of amides is 2. The molecule has 0 aliphatic heterocycles. The topological polar surface area (TPSA) is 86.8 Å². The highest BCUT2D eigenvalue weighted by molar-refractivity contribution is 9.10. The number of anilines is 1. The molecule has 2 aromatic rings. The van der Waals surface area contributed by atoms with Crippen molar-refractivity contribution in [3.63, 3.8) is 0 Å². The molecule has 0 radical (unpaired) electrons. The molecule has 198 valence electrons. The smallest absolute Gasteiger partial charge is 0.242 e. The Morgan fingerprint density at radius 1 is 1.14 bits per heavy atom. The average Bonchev–Trinajstić information content (AvgIpc) is 2.80. The summed E-state index contributed by atoms with van der Waals surface area (Å²) in [6.45, 7) is 7.80. The van der Waals surface area contributed by atoms with E-state index in [1.807, 2.05) is 45.0 Å². The van der Waals surface area contributed by atoms with Crippen LogP contribution in [0, 0.1) is 6.92 Å². The van der Waals surface area contributed by atoms with E-state index in [2.05, 4.69) is 21.2 Å². The van der Waals surface area contributed by atoms with E-state index in [9.17, 15) is 18.0 Å². The second kappa shape index (κ2) is 13.4. The minimum absolute atomic E-state index is 0.00738. The van der Waals surface area contributed by atoms with Gasteiger partial charge in [0.15, 0.2) is 0 Å². The van der Waals surface area contributed by atoms with Gasteiger partial charge in [-0.3, -0.25) is 13.9 Å². The maximum atomic E-state index is 13.4. The molecule has 0 aliphatic carbocycles. The third-order valence-electron chi connectivity index (χ3n) is 6.00. The summed E-state index contributed by atoms with van der Waals surface area (Å²) >= 11 is 9.56. The molecule has 36 heavy (non-hydrogen) atoms. The first-order valence-electron chi connectivity index (χ1n) is 11.9. The van der Waals surface area contributed by atoms with E-state index in [0.29, 0.717) is 10.7 Å². The zero-order chi connectivity index (χ0) is 27.0. The first-order valence-corrected chi connectivity index (χ1v) is 14.9. The Morgan fingerprint density at radius 2 is 1.83 bits per heavy atom. The van der Waals surface area contributed by atoms with Gasteiger partial charge in [-0.25, -0.2) is 8.42 Å². The number of halogens is 2. The van der Waals surface area contributed by atoms with E-state index < -0.39 is 16.1 Å². The molecule has 7 nitrogen and oxygen atoms in total. The largest absolute Gasteiger partial charge is 0.352 e. The maximum Gasteiger partial charge on any atom is 0.242 e. The van der Waals surface area contributed by atoms with Crippen LogP contribution in [0.25, 0.3) is 0 Å². The van der Waals surface area contributed by atoms with Gasteiger partial charge in [0, 0.05) is 35.0 Å². The molecular formula is C26H35BrClN3O4S. The van der Waals surface area contributed by atoms with Crippen LogP contribution in [-0.4, -0.2) is 50.0 Å². The monoisotopic (exact) mass is 599 g/mol. The highest BCUT2D eigenvalue weighted by Gasteiger charge is 2.27. The number of sulfonamides is 1. The van der Waals surface area contributed by atoms with Crippen molar-refractivity contribution in [3.05, 3.63) is 63.1 Å². The second-order valence-electron chi connectivity index (χ2n) is 9.01. The molecule has 2 rings (SSSR count). The summed E-state index contributed by atoms with van der Waals surface area (Å²) in [7, 11) is -3.59. The van der Waals surface area contributed by atoms with Gasteiger partial charge in [0.2, 0.25) is 21.8 Å². The zero-order valence-corrected chi connectivity index (χ0v) is 24.6. The fourth-order valence-electron chi connectivity index (χ4n) is 3.71. The van der Waals surface area contributed by atoms with Crippen LogP contribution in [-0.2, 0) is 26.2 Å². The fourth-order valence-corrected chi connectivity index (χ4v) is 5.34. The number of hydrogen-bond acceptors (Lipinski definition) is 4. The molecule has 0 heterocycles. The van der Waals surface area contributed by atoms with Crippen LogP contribution in [0.15, 0.2) is 46.9 Å². The summed E-state index contributed by atoms with van der Waals surface area (Å²) < 4.78 is 27.2. The molecule has 2 atom stereocenters. The molecule has 0 saturated heterocycles. The van der Waals surface area contributed by atoms with Gasteiger partial charge in [-0.1, -0.05) is 52.7 Å². The van der Waals surface area contributed by atoms with Crippen LogP contribution in [0.4, 0.5) is 5.69 Å². The summed E-state index contributed by atoms with van der Waals surface area (Å²) in [5, 5.41) is 3.38. The standard InChI is InChI=1S/C26H35BrClN3O4S/c1-6-19(3)29-26(33)20(4)30(17-21-9-7-10-22(27)15-21)25(32)11-8-14-31(36(5,34)35)24-16-23(28)13-12-18(24)2/h7,9-10,12-13,15-16,19-20H,6,8,11,14,17H2,1-5H3,(H,29,33)/t19-,20+/m1/s1. The van der Waals surface area contributed by atoms with Gasteiger partial charge < -0.3 is 10.2 Å². The van der Waals surface area contributed by atoms with Gasteiger partial charge >= 0.3 is 0 Å². The van der Waals surface area contributed by atoms with E-state index >= 15 is 0 Å². The molecule has 0 spiro atoms. The molecule has 0 unspecified atom stereocenters. The van der Waals surface area contributed by atoms with Crippen molar-refractivity contribution in [3.8, 4) is 0 Å². The number of nitrogens with zero attached hydrogens (tertiary/aromatic N) is 2. The molecule has 1 N–H and O–H groups in total. The molecule has 2 amide bonds. The maximum absolute atomic E-state index is 13.4. The van der Waals surface area contributed by atoms with E-state index in [1.165, 1.54) is 4.31 Å². The lowest BCUT2D eigenvalue weighted by Crippen LogP contribution is -2.49. The van der Waals surface area contributed by atoms with E-state index in [-0.39, 0.29) is 43.8 Å². The molecule has 0 bridgehead atoms. The lowest BCUT2D eigenvalue weighted by atomic mass is 10.1. The normalized spacial score (nSPS) is 13.1. The molecular weight excluding hydrogens is 566 g/mol. The summed E-state index contributed by atoms with van der Waals surface area (Å²) in [5.41, 5.74) is 2.14. The van der Waals surface area contributed by atoms with Crippen LogP contribution in [0.5, 0.6) is 0 Å². The van der Waals surface area contributed by atoms with Crippen molar-refractivity contribution in [2.75, 3.05) is 17.1 Å². The van der Waals surface area contributed by atoms with Crippen molar-refractivity contribution in [2.24, 2.45) is 0 Å². The van der Waals surface area contributed by atoms with Crippen molar-refractivity contribution in [1.82, 2.24) is 10.2 Å². The Kier molecular flexibility index (Phi) is 11.3. The molecule has 0 aliphatic rings. The first kappa shape index (κ1) is 30.1. The summed E-state index contributed by atoms with van der Waals surface area (Å²) in [6.07, 6.45) is 2.28. The highest BCUT2D eigenvalue weighted by Crippen LogP contribution is 2.27. The molecule has 0 saturated carbocycles. The first-order chi connectivity index (χ1) is 16.8. The fraction of sp³-hybridized carbons (Fsp3) is 0.462. The number of hydrogen-bond donors (Lipinski definition) is 1. The third-order valence-corrected chi connectivity index (χ3v) is 7.91. The van der Waals surface area contributed by atoms with E-state index in [4.69, 9.17) is 11.6 Å². The minimum atomic E-state index is -3.59. The number of nitrogens with one attached hydrogen (secondary N) is 1. The lowest BCUT2D eigenvalue weighted by molar-refractivity contribution is -0.140. The van der Waals surface area contributed by atoms with Crippen LogP contribution in [0.1, 0.15) is 51.2 Å². The van der Waals surface area contributed by atoms with Crippen molar-refractivity contribution >= 4 is 55.1 Å². The Labute approximate surface area is 228 Å². The molecule has 2 aromatic carbocycles. The molecule has 0 aromatic heterocycles. The van der Waals surface area contributed by atoms with Crippen LogP contribution < -0.4 is 9.62 Å². The molecule has 10 heteroatoms. The summed E-state index contributed by atoms with van der Waals surface area (Å²) in [6, 6.07) is 12.0. The van der Waals surface area contributed by atoms with Gasteiger partial charge in [0.1, 0.15) is 6.04 Å². The number of benzene rings is 2. The average molecular weight is 601 g/mol.